The van der Waals surface area contributed by atoms with Crippen molar-refractivity contribution in [1.82, 2.24) is 5.32 Å². The normalized spacial score (nSPS) is 9.28. The third-order valence-corrected chi connectivity index (χ3v) is 2.12. The Morgan fingerprint density at radius 3 is 2.78 bits per heavy atom. The summed E-state index contributed by atoms with van der Waals surface area (Å²) in [5, 5.41) is 10.5. The third kappa shape index (κ3) is 4.53. The molecule has 0 aliphatic heterocycles. The number of ether oxygens (including phenoxy) is 1. The third-order valence-electron chi connectivity index (χ3n) is 2.12. The fourth-order valence-electron chi connectivity index (χ4n) is 1.24. The lowest BCUT2D eigenvalue weighted by atomic mass is 10.1. The largest absolute Gasteiger partial charge is 0.455 e. The van der Waals surface area contributed by atoms with E-state index in [0.29, 0.717) is 11.3 Å². The van der Waals surface area contributed by atoms with E-state index in [4.69, 9.17) is 15.7 Å². The minimum Gasteiger partial charge on any atom is -0.455 e. The number of hydrogen-bond donors (Lipinski definition) is 2. The van der Waals surface area contributed by atoms with Crippen molar-refractivity contribution in [3.8, 4) is 6.07 Å². The highest BCUT2D eigenvalue weighted by Crippen LogP contribution is 2.11. The summed E-state index contributed by atoms with van der Waals surface area (Å²) in [6, 6.07) is 8.67. The molecule has 1 amide bonds. The zero-order chi connectivity index (χ0) is 13.4. The van der Waals surface area contributed by atoms with Crippen LogP contribution in [0.3, 0.4) is 0 Å². The number of nitrogens with one attached hydrogen (secondary N) is 1. The Hall–Kier alpha value is -2.55. The Kier molecular flexibility index (Phi) is 5.19. The van der Waals surface area contributed by atoms with Gasteiger partial charge in [0.25, 0.3) is 5.91 Å². The van der Waals surface area contributed by atoms with Gasteiger partial charge in [0.05, 0.1) is 12.5 Å². The summed E-state index contributed by atoms with van der Waals surface area (Å²) in [6.07, 6.45) is 0.0121. The molecule has 0 heterocycles. The van der Waals surface area contributed by atoms with E-state index in [1.807, 2.05) is 0 Å². The van der Waals surface area contributed by atoms with Crippen LogP contribution in [0, 0.1) is 11.3 Å². The summed E-state index contributed by atoms with van der Waals surface area (Å²) >= 11 is 0. The maximum atomic E-state index is 11.4. The molecule has 6 nitrogen and oxygen atoms in total. The minimum absolute atomic E-state index is 0.0121. The molecule has 94 valence electrons. The molecule has 3 N–H and O–H groups in total. The predicted molar refractivity (Wildman–Crippen MR) is 64.1 cm³/mol. The van der Waals surface area contributed by atoms with Crippen LogP contribution in [-0.2, 0) is 20.7 Å². The molecule has 18 heavy (non-hydrogen) atoms. The van der Waals surface area contributed by atoms with E-state index < -0.39 is 18.5 Å². The molecule has 0 radical (unpaired) electrons. The SMILES string of the molecule is N#CCNC(=O)COC(=O)Cc1ccccc1N. The Bertz CT molecular complexity index is 480. The number of para-hydroxylation sites is 1. The number of rotatable bonds is 5. The van der Waals surface area contributed by atoms with Gasteiger partial charge in [-0.2, -0.15) is 5.26 Å². The van der Waals surface area contributed by atoms with Gasteiger partial charge in [0.15, 0.2) is 6.61 Å². The Labute approximate surface area is 104 Å². The molecule has 1 aromatic carbocycles. The number of hydrogen-bond acceptors (Lipinski definition) is 5. The van der Waals surface area contributed by atoms with Gasteiger partial charge >= 0.3 is 5.97 Å². The van der Waals surface area contributed by atoms with E-state index in [0.717, 1.165) is 0 Å². The van der Waals surface area contributed by atoms with Gasteiger partial charge in [-0.1, -0.05) is 18.2 Å². The van der Waals surface area contributed by atoms with Crippen molar-refractivity contribution < 1.29 is 14.3 Å². The number of carbonyl (C=O) groups is 2. The molecule has 1 rings (SSSR count). The second-order valence-electron chi connectivity index (χ2n) is 3.47. The minimum atomic E-state index is -0.542. The lowest BCUT2D eigenvalue weighted by molar-refractivity contribution is -0.147. The summed E-state index contributed by atoms with van der Waals surface area (Å²) in [5.74, 6) is -1.05. The van der Waals surface area contributed by atoms with Crippen LogP contribution in [0.4, 0.5) is 5.69 Å². The number of nitrogen functional groups attached to an aromatic ring is 1. The van der Waals surface area contributed by atoms with Crippen LogP contribution in [0.15, 0.2) is 24.3 Å². The number of carbonyl (C=O) groups excluding carboxylic acids is 2. The standard InChI is InChI=1S/C12H13N3O3/c13-5-6-15-11(16)8-18-12(17)7-9-3-1-2-4-10(9)14/h1-4H,6-8,14H2,(H,15,16). The van der Waals surface area contributed by atoms with Crippen LogP contribution in [0.2, 0.25) is 0 Å². The number of amides is 1. The molecule has 0 spiro atoms. The molecule has 0 bridgehead atoms. The van der Waals surface area contributed by atoms with Crippen molar-refractivity contribution in [3.05, 3.63) is 29.8 Å². The van der Waals surface area contributed by atoms with Crippen molar-refractivity contribution >= 4 is 17.6 Å². The van der Waals surface area contributed by atoms with Crippen molar-refractivity contribution in [2.24, 2.45) is 0 Å². The Morgan fingerprint density at radius 2 is 2.11 bits per heavy atom. The first kappa shape index (κ1) is 13.5. The quantitative estimate of drug-likeness (QED) is 0.432. The van der Waals surface area contributed by atoms with Gasteiger partial charge in [0.2, 0.25) is 0 Å². The molecule has 0 aliphatic carbocycles. The van der Waals surface area contributed by atoms with Crippen LogP contribution in [-0.4, -0.2) is 25.0 Å². The summed E-state index contributed by atoms with van der Waals surface area (Å²) in [5.41, 5.74) is 6.82. The molecule has 0 saturated heterocycles. The zero-order valence-corrected chi connectivity index (χ0v) is 9.68. The second kappa shape index (κ2) is 6.91. The van der Waals surface area contributed by atoms with Gasteiger partial charge in [-0.05, 0) is 11.6 Å². The average molecular weight is 247 g/mol. The van der Waals surface area contributed by atoms with Gasteiger partial charge in [-0.3, -0.25) is 9.59 Å². The fraction of sp³-hybridized carbons (Fsp3) is 0.250. The first-order valence-electron chi connectivity index (χ1n) is 5.26. The lowest BCUT2D eigenvalue weighted by Gasteiger charge is -2.06. The van der Waals surface area contributed by atoms with E-state index in [1.54, 1.807) is 30.3 Å². The molecule has 1 aromatic rings. The number of anilines is 1. The average Bonchev–Trinajstić information content (AvgIpc) is 2.36. The molecule has 0 aliphatic rings. The van der Waals surface area contributed by atoms with E-state index >= 15 is 0 Å². The highest BCUT2D eigenvalue weighted by atomic mass is 16.5. The van der Waals surface area contributed by atoms with Crippen LogP contribution in [0.1, 0.15) is 5.56 Å². The van der Waals surface area contributed by atoms with Crippen LogP contribution >= 0.6 is 0 Å². The maximum Gasteiger partial charge on any atom is 0.310 e. The van der Waals surface area contributed by atoms with Crippen LogP contribution in [0.25, 0.3) is 0 Å². The topological polar surface area (TPSA) is 105 Å². The number of nitrogens with zero attached hydrogens (tertiary/aromatic N) is 1. The fourth-order valence-corrected chi connectivity index (χ4v) is 1.24. The molecule has 0 saturated carbocycles. The van der Waals surface area contributed by atoms with E-state index in [2.05, 4.69) is 5.32 Å². The maximum absolute atomic E-state index is 11.4. The first-order chi connectivity index (χ1) is 8.63. The summed E-state index contributed by atoms with van der Waals surface area (Å²) in [4.78, 5) is 22.5. The van der Waals surface area contributed by atoms with Gasteiger partial charge in [0, 0.05) is 5.69 Å². The van der Waals surface area contributed by atoms with E-state index in [9.17, 15) is 9.59 Å². The molecule has 0 fully saturated rings. The summed E-state index contributed by atoms with van der Waals surface area (Å²) in [7, 11) is 0. The van der Waals surface area contributed by atoms with Crippen LogP contribution in [0.5, 0.6) is 0 Å². The summed E-state index contributed by atoms with van der Waals surface area (Å²) in [6.45, 7) is -0.505. The molecular formula is C12H13N3O3. The highest BCUT2D eigenvalue weighted by Gasteiger charge is 2.09. The van der Waals surface area contributed by atoms with Crippen molar-refractivity contribution in [2.45, 2.75) is 6.42 Å². The van der Waals surface area contributed by atoms with Gasteiger partial charge < -0.3 is 15.8 Å². The van der Waals surface area contributed by atoms with Gasteiger partial charge in [-0.15, -0.1) is 0 Å². The smallest absolute Gasteiger partial charge is 0.310 e. The number of esters is 1. The molecule has 0 atom stereocenters. The molecule has 0 aromatic heterocycles. The first-order valence-corrected chi connectivity index (χ1v) is 5.26. The van der Waals surface area contributed by atoms with Gasteiger partial charge in [-0.25, -0.2) is 0 Å². The lowest BCUT2D eigenvalue weighted by Crippen LogP contribution is -2.29. The Balaban J connectivity index is 2.37. The van der Waals surface area contributed by atoms with Crippen LogP contribution < -0.4 is 11.1 Å². The zero-order valence-electron chi connectivity index (χ0n) is 9.68. The van der Waals surface area contributed by atoms with Gasteiger partial charge in [0.1, 0.15) is 6.54 Å². The second-order valence-corrected chi connectivity index (χ2v) is 3.47. The summed E-state index contributed by atoms with van der Waals surface area (Å²) < 4.78 is 4.74. The number of nitriles is 1. The van der Waals surface area contributed by atoms with E-state index in [-0.39, 0.29) is 13.0 Å². The van der Waals surface area contributed by atoms with Crippen molar-refractivity contribution in [2.75, 3.05) is 18.9 Å². The molecular weight excluding hydrogens is 234 g/mol. The Morgan fingerprint density at radius 1 is 1.39 bits per heavy atom. The highest BCUT2D eigenvalue weighted by molar-refractivity contribution is 5.81. The number of nitrogens with two attached hydrogens (primary N) is 1. The monoisotopic (exact) mass is 247 g/mol. The predicted octanol–water partition coefficient (Wildman–Crippen LogP) is -0.00572. The molecule has 6 heteroatoms. The van der Waals surface area contributed by atoms with E-state index in [1.165, 1.54) is 0 Å². The van der Waals surface area contributed by atoms with Crippen molar-refractivity contribution in [1.29, 1.82) is 5.26 Å². The van der Waals surface area contributed by atoms with Crippen molar-refractivity contribution in [3.63, 3.8) is 0 Å². The number of benzene rings is 1. The molecule has 0 unspecified atom stereocenters.